The Hall–Kier alpha value is -1.56. The van der Waals surface area contributed by atoms with Crippen molar-refractivity contribution < 1.29 is 4.79 Å². The number of amides is 1. The molecule has 0 aromatic carbocycles. The summed E-state index contributed by atoms with van der Waals surface area (Å²) >= 11 is 0. The lowest BCUT2D eigenvalue weighted by molar-refractivity contribution is 0.0369. The predicted octanol–water partition coefficient (Wildman–Crippen LogP) is 0.865. The second-order valence-electron chi connectivity index (χ2n) is 5.75. The molecule has 110 valence electrons. The average molecular weight is 277 g/mol. The van der Waals surface area contributed by atoms with Gasteiger partial charge in [-0.3, -0.25) is 14.8 Å². The number of anilines is 1. The molecule has 1 unspecified atom stereocenters. The van der Waals surface area contributed by atoms with Crippen LogP contribution in [0.5, 0.6) is 0 Å². The molecule has 1 aromatic heterocycles. The highest BCUT2D eigenvalue weighted by molar-refractivity contribution is 5.97. The van der Waals surface area contributed by atoms with E-state index in [2.05, 4.69) is 15.1 Å². The fourth-order valence-corrected chi connectivity index (χ4v) is 3.31. The lowest BCUT2D eigenvalue weighted by Crippen LogP contribution is -2.56. The fraction of sp³-hybridized carbons (Fsp3) is 0.714. The zero-order valence-electron chi connectivity index (χ0n) is 12.1. The average Bonchev–Trinajstić information content (AvgIpc) is 2.87. The molecule has 2 fully saturated rings. The predicted molar refractivity (Wildman–Crippen MR) is 77.5 cm³/mol. The minimum atomic E-state index is -0.0244. The van der Waals surface area contributed by atoms with Crippen LogP contribution in [0.2, 0.25) is 0 Å². The molecule has 0 spiro atoms. The Balaban J connectivity index is 1.72. The van der Waals surface area contributed by atoms with Gasteiger partial charge in [0, 0.05) is 25.7 Å². The first-order chi connectivity index (χ1) is 9.70. The topological polar surface area (TPSA) is 78.2 Å². The third-order valence-corrected chi connectivity index (χ3v) is 4.56. The normalized spacial score (nSPS) is 23.6. The van der Waals surface area contributed by atoms with Crippen LogP contribution in [0.25, 0.3) is 0 Å². The first-order valence-electron chi connectivity index (χ1n) is 7.56. The second kappa shape index (κ2) is 5.44. The summed E-state index contributed by atoms with van der Waals surface area (Å²) in [5, 5.41) is 6.98. The van der Waals surface area contributed by atoms with Crippen molar-refractivity contribution in [2.45, 2.75) is 38.6 Å². The number of nitrogens with two attached hydrogens (primary N) is 1. The van der Waals surface area contributed by atoms with E-state index in [1.165, 1.54) is 25.8 Å². The minimum Gasteiger partial charge on any atom is -0.395 e. The van der Waals surface area contributed by atoms with Gasteiger partial charge in [-0.2, -0.15) is 5.10 Å². The van der Waals surface area contributed by atoms with Gasteiger partial charge in [0.15, 0.2) is 5.69 Å². The Labute approximate surface area is 119 Å². The lowest BCUT2D eigenvalue weighted by Gasteiger charge is -2.43. The number of hydrogen-bond donors (Lipinski definition) is 2. The summed E-state index contributed by atoms with van der Waals surface area (Å²) < 4.78 is 0. The maximum absolute atomic E-state index is 12.6. The molecule has 2 saturated heterocycles. The van der Waals surface area contributed by atoms with E-state index in [4.69, 9.17) is 5.73 Å². The number of H-pyrrole nitrogens is 1. The summed E-state index contributed by atoms with van der Waals surface area (Å²) in [6.07, 6.45) is 4.52. The molecule has 6 nitrogen and oxygen atoms in total. The SMILES string of the molecule is CCc1[nH]nc(C(=O)N2CCN3CCCCC3C2)c1N. The van der Waals surface area contributed by atoms with E-state index < -0.39 is 0 Å². The van der Waals surface area contributed by atoms with E-state index in [1.807, 2.05) is 11.8 Å². The maximum atomic E-state index is 12.6. The van der Waals surface area contributed by atoms with Crippen molar-refractivity contribution in [3.05, 3.63) is 11.4 Å². The molecular formula is C14H23N5O. The number of nitrogens with one attached hydrogen (secondary N) is 1. The van der Waals surface area contributed by atoms with Gasteiger partial charge in [-0.25, -0.2) is 0 Å². The number of hydrogen-bond acceptors (Lipinski definition) is 4. The molecule has 1 atom stereocenters. The Morgan fingerprint density at radius 2 is 2.25 bits per heavy atom. The molecule has 2 aliphatic heterocycles. The van der Waals surface area contributed by atoms with E-state index in [1.54, 1.807) is 0 Å². The van der Waals surface area contributed by atoms with Crippen LogP contribution >= 0.6 is 0 Å². The quantitative estimate of drug-likeness (QED) is 0.840. The highest BCUT2D eigenvalue weighted by Crippen LogP contribution is 2.23. The van der Waals surface area contributed by atoms with Gasteiger partial charge in [0.2, 0.25) is 0 Å². The van der Waals surface area contributed by atoms with Crippen LogP contribution in [0, 0.1) is 0 Å². The summed E-state index contributed by atoms with van der Waals surface area (Å²) in [7, 11) is 0. The van der Waals surface area contributed by atoms with Gasteiger partial charge < -0.3 is 10.6 Å². The number of piperazine rings is 1. The van der Waals surface area contributed by atoms with Gasteiger partial charge in [-0.15, -0.1) is 0 Å². The van der Waals surface area contributed by atoms with Crippen molar-refractivity contribution in [1.29, 1.82) is 0 Å². The van der Waals surface area contributed by atoms with Gasteiger partial charge in [-0.1, -0.05) is 13.3 Å². The summed E-state index contributed by atoms with van der Waals surface area (Å²) in [6, 6.07) is 0.521. The highest BCUT2D eigenvalue weighted by Gasteiger charge is 2.32. The van der Waals surface area contributed by atoms with Crippen LogP contribution in [0.4, 0.5) is 5.69 Å². The molecule has 0 bridgehead atoms. The number of aryl methyl sites for hydroxylation is 1. The molecule has 20 heavy (non-hydrogen) atoms. The number of carbonyl (C=O) groups is 1. The van der Waals surface area contributed by atoms with Gasteiger partial charge in [-0.05, 0) is 25.8 Å². The molecule has 3 N–H and O–H groups in total. The van der Waals surface area contributed by atoms with Crippen LogP contribution in [0.15, 0.2) is 0 Å². The van der Waals surface area contributed by atoms with Crippen molar-refractivity contribution >= 4 is 11.6 Å². The number of carbonyl (C=O) groups excluding carboxylic acids is 1. The number of nitrogen functional groups attached to an aromatic ring is 1. The van der Waals surface area contributed by atoms with Gasteiger partial charge >= 0.3 is 0 Å². The standard InChI is InChI=1S/C14H23N5O/c1-2-11-12(15)13(17-16-11)14(20)19-8-7-18-6-4-3-5-10(18)9-19/h10H,2-9,15H2,1H3,(H,16,17). The Morgan fingerprint density at radius 3 is 3.00 bits per heavy atom. The molecule has 3 heterocycles. The van der Waals surface area contributed by atoms with Crippen molar-refractivity contribution in [3.63, 3.8) is 0 Å². The largest absolute Gasteiger partial charge is 0.395 e. The molecule has 6 heteroatoms. The number of fused-ring (bicyclic) bond motifs is 1. The summed E-state index contributed by atoms with van der Waals surface area (Å²) in [4.78, 5) is 17.0. The van der Waals surface area contributed by atoms with Crippen LogP contribution in [-0.2, 0) is 6.42 Å². The second-order valence-corrected chi connectivity index (χ2v) is 5.75. The van der Waals surface area contributed by atoms with E-state index in [-0.39, 0.29) is 5.91 Å². The molecule has 0 saturated carbocycles. The van der Waals surface area contributed by atoms with Crippen molar-refractivity contribution in [3.8, 4) is 0 Å². The van der Waals surface area contributed by atoms with E-state index in [0.717, 1.165) is 31.7 Å². The molecule has 0 radical (unpaired) electrons. The molecular weight excluding hydrogens is 254 g/mol. The monoisotopic (exact) mass is 277 g/mol. The first-order valence-corrected chi connectivity index (χ1v) is 7.56. The van der Waals surface area contributed by atoms with Gasteiger partial charge in [0.25, 0.3) is 5.91 Å². The summed E-state index contributed by atoms with van der Waals surface area (Å²) in [6.45, 7) is 5.74. The molecule has 1 amide bonds. The smallest absolute Gasteiger partial charge is 0.276 e. The zero-order chi connectivity index (χ0) is 14.1. The first kappa shape index (κ1) is 13.4. The highest BCUT2D eigenvalue weighted by atomic mass is 16.2. The Morgan fingerprint density at radius 1 is 1.40 bits per heavy atom. The third-order valence-electron chi connectivity index (χ3n) is 4.56. The van der Waals surface area contributed by atoms with Gasteiger partial charge in [0.05, 0.1) is 11.4 Å². The molecule has 1 aromatic rings. The maximum Gasteiger partial charge on any atom is 0.276 e. The number of rotatable bonds is 2. The van der Waals surface area contributed by atoms with Crippen molar-refractivity contribution in [1.82, 2.24) is 20.0 Å². The van der Waals surface area contributed by atoms with Gasteiger partial charge in [0.1, 0.15) is 0 Å². The van der Waals surface area contributed by atoms with Crippen LogP contribution in [0.3, 0.4) is 0 Å². The third kappa shape index (κ3) is 2.28. The Kier molecular flexibility index (Phi) is 3.65. The molecule has 3 rings (SSSR count). The van der Waals surface area contributed by atoms with Crippen molar-refractivity contribution in [2.24, 2.45) is 0 Å². The zero-order valence-corrected chi connectivity index (χ0v) is 12.1. The minimum absolute atomic E-state index is 0.0244. The number of aromatic amines is 1. The van der Waals surface area contributed by atoms with E-state index >= 15 is 0 Å². The van der Waals surface area contributed by atoms with Crippen molar-refractivity contribution in [2.75, 3.05) is 31.9 Å². The molecule has 0 aliphatic carbocycles. The fourth-order valence-electron chi connectivity index (χ4n) is 3.31. The number of piperidine rings is 1. The lowest BCUT2D eigenvalue weighted by atomic mass is 9.99. The van der Waals surface area contributed by atoms with Crippen LogP contribution in [-0.4, -0.2) is 58.1 Å². The van der Waals surface area contributed by atoms with E-state index in [9.17, 15) is 4.79 Å². The summed E-state index contributed by atoms with van der Waals surface area (Å²) in [5.41, 5.74) is 7.76. The van der Waals surface area contributed by atoms with Crippen LogP contribution < -0.4 is 5.73 Å². The number of nitrogens with zero attached hydrogens (tertiary/aromatic N) is 3. The van der Waals surface area contributed by atoms with E-state index in [0.29, 0.717) is 17.4 Å². The Bertz CT molecular complexity index is 498. The van der Waals surface area contributed by atoms with Crippen LogP contribution in [0.1, 0.15) is 42.4 Å². The number of aromatic nitrogens is 2. The summed E-state index contributed by atoms with van der Waals surface area (Å²) in [5.74, 6) is -0.0244. The molecule has 2 aliphatic rings.